The molecule has 0 fully saturated rings. The second-order valence-electron chi connectivity index (χ2n) is 10.9. The summed E-state index contributed by atoms with van der Waals surface area (Å²) in [4.78, 5) is 0. The van der Waals surface area contributed by atoms with Crippen molar-refractivity contribution in [2.75, 3.05) is 0 Å². The second kappa shape index (κ2) is 8.48. The lowest BCUT2D eigenvalue weighted by molar-refractivity contribution is -0.583. The number of aryl methyl sites for hydroxylation is 2. The van der Waals surface area contributed by atoms with Gasteiger partial charge in [0.1, 0.15) is 5.69 Å². The van der Waals surface area contributed by atoms with Gasteiger partial charge in [0.15, 0.2) is 11.0 Å². The topological polar surface area (TPSA) is 8.81 Å². The van der Waals surface area contributed by atoms with Crippen molar-refractivity contribution < 1.29 is 8.68 Å². The molecule has 0 radical (unpaired) electrons. The molecule has 0 saturated heterocycles. The van der Waals surface area contributed by atoms with Crippen molar-refractivity contribution in [1.82, 2.24) is 4.57 Å². The molecule has 0 saturated carbocycles. The monoisotopic (exact) mass is 442 g/mol. The van der Waals surface area contributed by atoms with E-state index in [1.165, 1.54) is 27.9 Å². The van der Waals surface area contributed by atoms with Gasteiger partial charge in [-0.05, 0) is 80.4 Å². The Morgan fingerprint density at radius 1 is 0.818 bits per heavy atom. The van der Waals surface area contributed by atoms with Crippen LogP contribution in [0.4, 0.5) is 0 Å². The van der Waals surface area contributed by atoms with Crippen LogP contribution in [0, 0.1) is 6.85 Å². The van der Waals surface area contributed by atoms with Gasteiger partial charge in [-0.3, -0.25) is 0 Å². The van der Waals surface area contributed by atoms with Gasteiger partial charge in [-0.15, -0.1) is 0 Å². The fraction of sp³-hybridized carbons (Fsp3) is 0.387. The normalized spacial score (nSPS) is 14.1. The first-order valence-electron chi connectivity index (χ1n) is 13.5. The minimum Gasteiger partial charge on any atom is -0.229 e. The summed E-state index contributed by atoms with van der Waals surface area (Å²) in [6, 6.07) is 20.9. The number of rotatable bonds is 4. The van der Waals surface area contributed by atoms with E-state index in [9.17, 15) is 0 Å². The Hall–Kier alpha value is -2.87. The van der Waals surface area contributed by atoms with Crippen LogP contribution in [0.15, 0.2) is 60.7 Å². The third-order valence-electron chi connectivity index (χ3n) is 6.52. The molecule has 2 heteroatoms. The van der Waals surface area contributed by atoms with Crippen molar-refractivity contribution in [3.8, 4) is 16.8 Å². The van der Waals surface area contributed by atoms with Crippen LogP contribution in [0.3, 0.4) is 0 Å². The zero-order chi connectivity index (χ0) is 26.6. The zero-order valence-corrected chi connectivity index (χ0v) is 21.3. The van der Waals surface area contributed by atoms with Gasteiger partial charge >= 0.3 is 0 Å². The van der Waals surface area contributed by atoms with Gasteiger partial charge in [0.25, 0.3) is 5.82 Å². The molecule has 0 aliphatic rings. The maximum absolute atomic E-state index is 7.97. The molecular weight excluding hydrogens is 400 g/mol. The fourth-order valence-corrected chi connectivity index (χ4v) is 5.04. The minimum atomic E-state index is -2.14. The first-order valence-corrected chi connectivity index (χ1v) is 12.0. The van der Waals surface area contributed by atoms with Crippen LogP contribution in [0.1, 0.15) is 86.9 Å². The number of benzene rings is 3. The van der Waals surface area contributed by atoms with Crippen LogP contribution in [-0.4, -0.2) is 4.57 Å². The summed E-state index contributed by atoms with van der Waals surface area (Å²) in [5.41, 5.74) is 8.42. The highest BCUT2D eigenvalue weighted by atomic mass is 15.2. The summed E-state index contributed by atoms with van der Waals surface area (Å²) in [6.45, 7) is 13.6. The largest absolute Gasteiger partial charge is 0.267 e. The fourth-order valence-electron chi connectivity index (χ4n) is 5.04. The molecule has 1 aromatic heterocycles. The summed E-state index contributed by atoms with van der Waals surface area (Å²) in [6.07, 6.45) is 0. The van der Waals surface area contributed by atoms with Gasteiger partial charge in [-0.2, -0.15) is 4.57 Å². The molecule has 2 nitrogen and oxygen atoms in total. The van der Waals surface area contributed by atoms with Gasteiger partial charge < -0.3 is 0 Å². The summed E-state index contributed by atoms with van der Waals surface area (Å²) in [7, 11) is 2.06. The molecule has 0 amide bonds. The minimum absolute atomic E-state index is 0.172. The number of hydrogen-bond acceptors (Lipinski definition) is 0. The van der Waals surface area contributed by atoms with Crippen molar-refractivity contribution in [3.63, 3.8) is 0 Å². The van der Waals surface area contributed by atoms with Crippen LogP contribution in [0.5, 0.6) is 0 Å². The smallest absolute Gasteiger partial charge is 0.229 e. The molecule has 1 heterocycles. The van der Waals surface area contributed by atoms with Crippen molar-refractivity contribution >= 4 is 11.0 Å². The molecule has 0 unspecified atom stereocenters. The van der Waals surface area contributed by atoms with E-state index >= 15 is 0 Å². The van der Waals surface area contributed by atoms with E-state index in [0.717, 1.165) is 16.9 Å². The van der Waals surface area contributed by atoms with Gasteiger partial charge in [-0.1, -0.05) is 64.1 Å². The molecule has 0 bridgehead atoms. The Morgan fingerprint density at radius 2 is 1.42 bits per heavy atom. The lowest BCUT2D eigenvalue weighted by atomic mass is 9.87. The maximum atomic E-state index is 7.97. The summed E-state index contributed by atoms with van der Waals surface area (Å²) >= 11 is 0. The Kier molecular flexibility index (Phi) is 5.03. The molecule has 3 aromatic carbocycles. The number of hydrogen-bond donors (Lipinski definition) is 0. The van der Waals surface area contributed by atoms with E-state index in [1.807, 2.05) is 12.1 Å². The highest BCUT2D eigenvalue weighted by molar-refractivity contribution is 5.75. The molecule has 0 aliphatic heterocycles. The van der Waals surface area contributed by atoms with Crippen LogP contribution < -0.4 is 4.57 Å². The highest BCUT2D eigenvalue weighted by Gasteiger charge is 2.36. The Labute approximate surface area is 204 Å². The van der Waals surface area contributed by atoms with Crippen molar-refractivity contribution in [3.05, 3.63) is 83.2 Å². The lowest BCUT2D eigenvalue weighted by Gasteiger charge is -2.23. The summed E-state index contributed by atoms with van der Waals surface area (Å²) in [5.74, 6) is 1.76. The van der Waals surface area contributed by atoms with Crippen LogP contribution in [0.2, 0.25) is 0 Å². The maximum Gasteiger partial charge on any atom is 0.267 e. The Balaban J connectivity index is 2.17. The van der Waals surface area contributed by atoms with Gasteiger partial charge in [-0.25, -0.2) is 4.57 Å². The third kappa shape index (κ3) is 4.12. The predicted octanol–water partition coefficient (Wildman–Crippen LogP) is 7.97. The summed E-state index contributed by atoms with van der Waals surface area (Å²) < 4.78 is 28.5. The van der Waals surface area contributed by atoms with E-state index < -0.39 is 6.85 Å². The average molecular weight is 443 g/mol. The van der Waals surface area contributed by atoms with E-state index in [2.05, 4.69) is 107 Å². The Bertz CT molecular complexity index is 1370. The van der Waals surface area contributed by atoms with Gasteiger partial charge in [0.2, 0.25) is 0 Å². The first-order chi connectivity index (χ1) is 16.7. The third-order valence-corrected chi connectivity index (χ3v) is 6.52. The van der Waals surface area contributed by atoms with Gasteiger partial charge in [0.05, 0.1) is 12.5 Å². The molecule has 0 aliphatic carbocycles. The Morgan fingerprint density at radius 3 is 1.94 bits per heavy atom. The predicted molar refractivity (Wildman–Crippen MR) is 142 cm³/mol. The molecule has 0 N–H and O–H groups in total. The quantitative estimate of drug-likeness (QED) is 0.283. The second-order valence-corrected chi connectivity index (χ2v) is 10.9. The van der Waals surface area contributed by atoms with Crippen molar-refractivity contribution in [2.45, 2.75) is 72.6 Å². The zero-order valence-electron chi connectivity index (χ0n) is 24.3. The van der Waals surface area contributed by atoms with Crippen LogP contribution in [0.25, 0.3) is 27.8 Å². The first kappa shape index (κ1) is 19.6. The molecule has 4 rings (SSSR count). The van der Waals surface area contributed by atoms with Crippen LogP contribution in [-0.2, 0) is 12.5 Å². The highest BCUT2D eigenvalue weighted by Crippen LogP contribution is 2.36. The number of nitrogens with zero attached hydrogens (tertiary/aromatic N) is 2. The van der Waals surface area contributed by atoms with Crippen molar-refractivity contribution in [2.24, 2.45) is 7.05 Å². The number of imidazole rings is 1. The van der Waals surface area contributed by atoms with E-state index in [1.54, 1.807) is 6.07 Å². The molecule has 4 aromatic rings. The molecule has 0 atom stereocenters. The van der Waals surface area contributed by atoms with E-state index in [4.69, 9.17) is 4.11 Å². The molecule has 172 valence electrons. The molecule has 0 spiro atoms. The van der Waals surface area contributed by atoms with Crippen molar-refractivity contribution in [1.29, 1.82) is 0 Å². The standard InChI is InChI=1S/C31H39N2/c1-20(2)25-18-24(23-13-11-10-12-14-23)19-26(21(3)4)29(25)33-27-16-15-22(5)17-28(27)32(9)30(33)31(6,7)8/h10-21H,1-9H3/q+1/i5D3. The van der Waals surface area contributed by atoms with Crippen LogP contribution >= 0.6 is 0 Å². The lowest BCUT2D eigenvalue weighted by Crippen LogP contribution is -2.43. The number of fused-ring (bicyclic) bond motifs is 1. The van der Waals surface area contributed by atoms with E-state index in [0.29, 0.717) is 17.4 Å². The number of aromatic nitrogens is 2. The summed E-state index contributed by atoms with van der Waals surface area (Å²) in [5, 5.41) is 0. The molecule has 33 heavy (non-hydrogen) atoms. The average Bonchev–Trinajstić information content (AvgIpc) is 3.10. The van der Waals surface area contributed by atoms with Gasteiger partial charge in [0, 0.05) is 15.2 Å². The SMILES string of the molecule is [2H]C([2H])([2H])c1ccc2c(c1)n(C)c(C(C)(C)C)[n+]2-c1c(C(C)C)cc(-c2ccccc2)cc1C(C)C. The molecular formula is C31H39N2+. The van der Waals surface area contributed by atoms with E-state index in [-0.39, 0.29) is 5.41 Å².